The summed E-state index contributed by atoms with van der Waals surface area (Å²) >= 11 is 0. The molecule has 9 atom stereocenters. The third kappa shape index (κ3) is 51.0. The maximum absolute atomic E-state index is 14.9. The monoisotopic (exact) mass is 1480 g/mol. The highest BCUT2D eigenvalue weighted by Crippen LogP contribution is 2.43. The van der Waals surface area contributed by atoms with Crippen LogP contribution >= 0.6 is 7.82 Å². The summed E-state index contributed by atoms with van der Waals surface area (Å²) in [6.07, 6.45) is 43.7. The van der Waals surface area contributed by atoms with Crippen LogP contribution in [0.4, 0.5) is 0 Å². The highest BCUT2D eigenvalue weighted by Gasteiger charge is 2.53. The van der Waals surface area contributed by atoms with E-state index in [0.29, 0.717) is 64.3 Å². The van der Waals surface area contributed by atoms with Gasteiger partial charge >= 0.3 is 31.7 Å². The second-order valence-electron chi connectivity index (χ2n) is 30.5. The molecule has 2 fully saturated rings. The van der Waals surface area contributed by atoms with Crippen molar-refractivity contribution in [2.24, 2.45) is 0 Å². The van der Waals surface area contributed by atoms with Crippen LogP contribution in [0.2, 0.25) is 0 Å². The minimum atomic E-state index is -5.47. The lowest BCUT2D eigenvalue weighted by molar-refractivity contribution is -0.273. The molecule has 0 spiro atoms. The second-order valence-corrected chi connectivity index (χ2v) is 31.7. The van der Waals surface area contributed by atoms with Crippen molar-refractivity contribution in [1.82, 2.24) is 10.2 Å². The Kier molecular flexibility index (Phi) is 60.3. The lowest BCUT2D eigenvalue weighted by atomic mass is 9.95. The summed E-state index contributed by atoms with van der Waals surface area (Å²) in [5.74, 6) is -2.94. The number of aliphatic hydroxyl groups excluding tert-OH is 1. The van der Waals surface area contributed by atoms with Crippen LogP contribution in [0, 0.1) is 0 Å². The molecular weight excluding hydrogens is 1330 g/mol. The molecule has 0 aromatic rings. The van der Waals surface area contributed by atoms with Crippen LogP contribution < -0.4 is 5.32 Å². The summed E-state index contributed by atoms with van der Waals surface area (Å²) in [6, 6.07) is -2.10. The number of likely N-dealkylation sites (tertiary alicyclic amines) is 1. The summed E-state index contributed by atoms with van der Waals surface area (Å²) in [7, 11) is -5.47. The van der Waals surface area contributed by atoms with Gasteiger partial charge in [-0.25, -0.2) is 4.57 Å². The summed E-state index contributed by atoms with van der Waals surface area (Å²) in [5, 5.41) is 14.0. The molecule has 2 saturated heterocycles. The second kappa shape index (κ2) is 64.8. The standard InChI is InChI=1S/C83H155N2O17P/c1-7-13-19-25-31-34-40-43-49-57-70(97-76(89)60-52-46-37-28-22-16-10-4)64-74(87)84-80-82(101-79(92)66-72(59-51-45-42-36-33-27-21-15-9-3)99-78(91)62-54-48-39-30-24-18-12-6)81(102-103(93,94)95)73(67-86)100-83(80)96-68-69-56-55-63-85(69)75(88)65-71(58-50-44-41-35-32-26-20-14-8-2)98-77(90)61-53-47-38-29-23-17-11-5/h69-73,80-83,86H,7-68H2,1-6H3,(H,84,87)(H2,93,94,95)/t69-,70+,71+,72+,73+,80+,81-,82+,83?/m0/s1. The minimum Gasteiger partial charge on any atom is -0.462 e. The van der Waals surface area contributed by atoms with Crippen molar-refractivity contribution in [3.8, 4) is 0 Å². The van der Waals surface area contributed by atoms with Gasteiger partial charge in [0.2, 0.25) is 11.8 Å². The Balaban J connectivity index is 2.62. The molecule has 0 aliphatic carbocycles. The van der Waals surface area contributed by atoms with E-state index in [1.165, 1.54) is 116 Å². The van der Waals surface area contributed by atoms with Crippen LogP contribution in [0.25, 0.3) is 0 Å². The molecule has 0 saturated carbocycles. The molecule has 0 aromatic carbocycles. The number of esters is 4. The molecule has 604 valence electrons. The lowest BCUT2D eigenvalue weighted by Crippen LogP contribution is -2.66. The SMILES string of the molecule is CCCCCCCCCCC[C@H](CC(=O)N[C@H]1C(OC[C@@H]2CCCN2C(=O)C[C@@H](CCCCCCCCCCC)OC(=O)CCCCCCCCC)O[C@H](CO)[C@H](OP(=O)(O)O)[C@@H]1OC(=O)C[C@@H](CCCCCCCCCCC)OC(=O)CCCCCCCCC)OC(=O)CCCCCCCCC. The average molecular weight is 1480 g/mol. The molecule has 0 radical (unpaired) electrons. The van der Waals surface area contributed by atoms with E-state index in [2.05, 4.69) is 46.9 Å². The van der Waals surface area contributed by atoms with E-state index in [9.17, 15) is 48.2 Å². The molecule has 2 rings (SSSR count). The number of hydrogen-bond donors (Lipinski definition) is 4. The molecule has 2 aliphatic rings. The Bertz CT molecular complexity index is 2150. The van der Waals surface area contributed by atoms with Gasteiger partial charge in [-0.15, -0.1) is 0 Å². The third-order valence-corrected chi connectivity index (χ3v) is 21.3. The Morgan fingerprint density at radius 3 is 1.12 bits per heavy atom. The Hall–Kier alpha value is -3.19. The predicted molar refractivity (Wildman–Crippen MR) is 412 cm³/mol. The molecular formula is C83H155N2O17P. The van der Waals surface area contributed by atoms with Crippen LogP contribution in [0.3, 0.4) is 0 Å². The fourth-order valence-electron chi connectivity index (χ4n) is 14.5. The van der Waals surface area contributed by atoms with Crippen molar-refractivity contribution >= 4 is 43.5 Å². The number of aliphatic hydroxyl groups is 1. The number of unbranched alkanes of at least 4 members (excludes halogenated alkanes) is 42. The Morgan fingerprint density at radius 2 is 0.767 bits per heavy atom. The van der Waals surface area contributed by atoms with E-state index in [1.807, 2.05) is 0 Å². The molecule has 103 heavy (non-hydrogen) atoms. The number of carbonyl (C=O) groups is 6. The molecule has 4 N–H and O–H groups in total. The number of phosphoric acid groups is 1. The minimum absolute atomic E-state index is 0.0146. The Morgan fingerprint density at radius 1 is 0.437 bits per heavy atom. The fraction of sp³-hybridized carbons (Fsp3) is 0.928. The van der Waals surface area contributed by atoms with Crippen molar-refractivity contribution in [2.45, 2.75) is 475 Å². The van der Waals surface area contributed by atoms with Gasteiger partial charge in [0.15, 0.2) is 12.4 Å². The van der Waals surface area contributed by atoms with E-state index >= 15 is 0 Å². The van der Waals surface area contributed by atoms with Gasteiger partial charge in [0, 0.05) is 25.8 Å². The van der Waals surface area contributed by atoms with E-state index < -0.39 is 99.7 Å². The van der Waals surface area contributed by atoms with E-state index in [4.69, 9.17) is 32.9 Å². The van der Waals surface area contributed by atoms with Gasteiger partial charge in [-0.3, -0.25) is 33.3 Å². The Labute approximate surface area is 627 Å². The first-order valence-corrected chi connectivity index (χ1v) is 44.5. The number of hydrogen-bond acceptors (Lipinski definition) is 15. The summed E-state index contributed by atoms with van der Waals surface area (Å²) < 4.78 is 56.2. The topological polar surface area (TPSA) is 260 Å². The first-order valence-electron chi connectivity index (χ1n) is 43.0. The smallest absolute Gasteiger partial charge is 0.462 e. The molecule has 2 heterocycles. The van der Waals surface area contributed by atoms with Crippen LogP contribution in [-0.2, 0) is 66.3 Å². The van der Waals surface area contributed by atoms with Crippen molar-refractivity contribution in [3.05, 3.63) is 0 Å². The molecule has 2 amide bonds. The molecule has 19 nitrogen and oxygen atoms in total. The quantitative estimate of drug-likeness (QED) is 0.0191. The highest BCUT2D eigenvalue weighted by atomic mass is 31.2. The number of ether oxygens (including phenoxy) is 6. The van der Waals surface area contributed by atoms with Gasteiger partial charge < -0.3 is 53.5 Å². The number of nitrogens with zero attached hydrogens (tertiary/aromatic N) is 1. The van der Waals surface area contributed by atoms with Gasteiger partial charge in [-0.1, -0.05) is 311 Å². The van der Waals surface area contributed by atoms with Crippen LogP contribution in [0.5, 0.6) is 0 Å². The number of rotatable bonds is 71. The van der Waals surface area contributed by atoms with Gasteiger partial charge in [-0.2, -0.15) is 0 Å². The van der Waals surface area contributed by atoms with Gasteiger partial charge in [0.05, 0.1) is 38.5 Å². The maximum atomic E-state index is 14.9. The van der Waals surface area contributed by atoms with Crippen molar-refractivity contribution < 1.29 is 81.2 Å². The number of nitrogens with one attached hydrogen (secondary N) is 1. The molecule has 1 unspecified atom stereocenters. The average Bonchev–Trinajstić information content (AvgIpc) is 1.01. The number of carbonyl (C=O) groups excluding carboxylic acids is 6. The van der Waals surface area contributed by atoms with E-state index in [-0.39, 0.29) is 50.6 Å². The first kappa shape index (κ1) is 95.9. The largest absolute Gasteiger partial charge is 0.470 e. The summed E-state index contributed by atoms with van der Waals surface area (Å²) in [6.45, 7) is 12.5. The van der Waals surface area contributed by atoms with Crippen LogP contribution in [0.15, 0.2) is 0 Å². The molecule has 20 heteroatoms. The fourth-order valence-corrected chi connectivity index (χ4v) is 15.1. The van der Waals surface area contributed by atoms with Crippen LogP contribution in [-0.4, -0.2) is 130 Å². The zero-order valence-corrected chi connectivity index (χ0v) is 67.4. The summed E-state index contributed by atoms with van der Waals surface area (Å²) in [5.41, 5.74) is 0. The van der Waals surface area contributed by atoms with E-state index in [1.54, 1.807) is 4.90 Å². The zero-order valence-electron chi connectivity index (χ0n) is 66.5. The van der Waals surface area contributed by atoms with Gasteiger partial charge in [0.1, 0.15) is 36.6 Å². The third-order valence-electron chi connectivity index (χ3n) is 20.8. The van der Waals surface area contributed by atoms with Crippen molar-refractivity contribution in [1.29, 1.82) is 0 Å². The first-order chi connectivity index (χ1) is 50.0. The molecule has 0 aromatic heterocycles. The normalized spacial score (nSPS) is 18.6. The number of amides is 2. The number of phosphoric ester groups is 1. The zero-order chi connectivity index (χ0) is 75.2. The van der Waals surface area contributed by atoms with E-state index in [0.717, 1.165) is 167 Å². The maximum Gasteiger partial charge on any atom is 0.470 e. The van der Waals surface area contributed by atoms with Crippen LogP contribution in [0.1, 0.15) is 420 Å². The van der Waals surface area contributed by atoms with Crippen molar-refractivity contribution in [2.75, 3.05) is 19.8 Å². The molecule has 0 bridgehead atoms. The highest BCUT2D eigenvalue weighted by molar-refractivity contribution is 7.46. The summed E-state index contributed by atoms with van der Waals surface area (Å²) in [4.78, 5) is 108. The van der Waals surface area contributed by atoms with Gasteiger partial charge in [-0.05, 0) is 70.6 Å². The van der Waals surface area contributed by atoms with Crippen molar-refractivity contribution in [3.63, 3.8) is 0 Å². The predicted octanol–water partition coefficient (Wildman–Crippen LogP) is 20.7. The van der Waals surface area contributed by atoms with Gasteiger partial charge in [0.25, 0.3) is 0 Å². The lowest BCUT2D eigenvalue weighted by Gasteiger charge is -2.45. The molecule has 2 aliphatic heterocycles.